The topological polar surface area (TPSA) is 67.2 Å². The van der Waals surface area contributed by atoms with E-state index in [2.05, 4.69) is 10.4 Å². The Balaban J connectivity index is 2.10. The van der Waals surface area contributed by atoms with Crippen molar-refractivity contribution in [3.63, 3.8) is 0 Å². The summed E-state index contributed by atoms with van der Waals surface area (Å²) >= 11 is 1.65. The van der Waals surface area contributed by atoms with E-state index in [1.54, 1.807) is 34.8 Å². The van der Waals surface area contributed by atoms with E-state index in [0.717, 1.165) is 11.4 Å². The van der Waals surface area contributed by atoms with Gasteiger partial charge in [0.2, 0.25) is 0 Å². The molecule has 2 aromatic rings. The molecule has 6 heteroatoms. The summed E-state index contributed by atoms with van der Waals surface area (Å²) in [4.78, 5) is 12.3. The lowest BCUT2D eigenvalue weighted by Crippen LogP contribution is -2.37. The molecular weight excluding hydrogens is 286 g/mol. The molecule has 21 heavy (non-hydrogen) atoms. The van der Waals surface area contributed by atoms with Gasteiger partial charge in [0.05, 0.1) is 5.69 Å². The van der Waals surface area contributed by atoms with Crippen LogP contribution in [0, 0.1) is 0 Å². The number of benzene rings is 1. The van der Waals surface area contributed by atoms with Gasteiger partial charge in [-0.1, -0.05) is 6.07 Å². The zero-order chi connectivity index (χ0) is 15.1. The summed E-state index contributed by atoms with van der Waals surface area (Å²) in [5.41, 5.74) is 1.43. The summed E-state index contributed by atoms with van der Waals surface area (Å²) in [5.74, 6) is 0.655. The van der Waals surface area contributed by atoms with Crippen LogP contribution in [0.4, 0.5) is 0 Å². The molecule has 0 aliphatic carbocycles. The second kappa shape index (κ2) is 7.85. The number of carbonyl (C=O) groups excluding carboxylic acids is 1. The molecule has 2 rings (SSSR count). The van der Waals surface area contributed by atoms with E-state index in [1.807, 2.05) is 30.7 Å². The van der Waals surface area contributed by atoms with Crippen molar-refractivity contribution in [2.24, 2.45) is 0 Å². The first-order valence-corrected chi connectivity index (χ1v) is 8.14. The van der Waals surface area contributed by atoms with E-state index < -0.39 is 0 Å². The summed E-state index contributed by atoms with van der Waals surface area (Å²) in [6.07, 6.45) is 6.07. The molecule has 0 aliphatic rings. The predicted molar refractivity (Wildman–Crippen MR) is 84.9 cm³/mol. The number of hydrogen-bond donors (Lipinski definition) is 2. The zero-order valence-electron chi connectivity index (χ0n) is 11.9. The molecule has 1 aromatic heterocycles. The van der Waals surface area contributed by atoms with Crippen molar-refractivity contribution in [1.82, 2.24) is 15.1 Å². The molecular formula is C15H19N3O2S. The van der Waals surface area contributed by atoms with E-state index in [-0.39, 0.29) is 18.6 Å². The lowest BCUT2D eigenvalue weighted by atomic mass is 10.1. The fourth-order valence-corrected chi connectivity index (χ4v) is 2.69. The number of thioether (sulfide) groups is 1. The maximum absolute atomic E-state index is 12.3. The molecule has 1 atom stereocenters. The highest BCUT2D eigenvalue weighted by atomic mass is 32.2. The first-order valence-electron chi connectivity index (χ1n) is 6.75. The Bertz CT molecular complexity index is 566. The average Bonchev–Trinajstić information content (AvgIpc) is 3.02. The maximum atomic E-state index is 12.3. The van der Waals surface area contributed by atoms with Crippen molar-refractivity contribution in [3.8, 4) is 5.69 Å². The van der Waals surface area contributed by atoms with Crippen LogP contribution in [-0.2, 0) is 0 Å². The number of rotatable bonds is 7. The minimum absolute atomic E-state index is 0.0224. The summed E-state index contributed by atoms with van der Waals surface area (Å²) in [5, 5.41) is 16.2. The molecule has 1 heterocycles. The molecule has 2 N–H and O–H groups in total. The summed E-state index contributed by atoms with van der Waals surface area (Å²) in [7, 11) is 0. The van der Waals surface area contributed by atoms with Crippen LogP contribution >= 0.6 is 11.8 Å². The van der Waals surface area contributed by atoms with Crippen LogP contribution in [0.25, 0.3) is 5.69 Å². The number of hydrogen-bond acceptors (Lipinski definition) is 4. The smallest absolute Gasteiger partial charge is 0.251 e. The second-order valence-corrected chi connectivity index (χ2v) is 5.55. The van der Waals surface area contributed by atoms with Gasteiger partial charge in [-0.2, -0.15) is 16.9 Å². The second-order valence-electron chi connectivity index (χ2n) is 4.64. The Hall–Kier alpha value is -1.79. The fraction of sp³-hybridized carbons (Fsp3) is 0.333. The van der Waals surface area contributed by atoms with E-state index in [1.165, 1.54) is 0 Å². The summed E-state index contributed by atoms with van der Waals surface area (Å²) < 4.78 is 1.71. The monoisotopic (exact) mass is 305 g/mol. The molecule has 0 saturated heterocycles. The summed E-state index contributed by atoms with van der Waals surface area (Å²) in [6.45, 7) is 0.0683. The standard InChI is InChI=1S/C15H19N3O2S/c1-21-11-13(6-9-19)17-15(20)12-4-2-5-14(10-12)18-8-3-7-16-18/h2-5,7-8,10,13,19H,6,9,11H2,1H3,(H,17,20). The van der Waals surface area contributed by atoms with Gasteiger partial charge in [0.15, 0.2) is 0 Å². The highest BCUT2D eigenvalue weighted by Gasteiger charge is 2.13. The third kappa shape index (κ3) is 4.34. The number of nitrogens with one attached hydrogen (secondary N) is 1. The fourth-order valence-electron chi connectivity index (χ4n) is 2.03. The van der Waals surface area contributed by atoms with Gasteiger partial charge in [0, 0.05) is 36.4 Å². The molecule has 0 fully saturated rings. The van der Waals surface area contributed by atoms with Crippen molar-refractivity contribution in [2.75, 3.05) is 18.6 Å². The molecule has 0 saturated carbocycles. The Labute approximate surface area is 128 Å². The number of aliphatic hydroxyl groups is 1. The number of amides is 1. The van der Waals surface area contributed by atoms with Crippen molar-refractivity contribution in [1.29, 1.82) is 0 Å². The van der Waals surface area contributed by atoms with Crippen LogP contribution in [0.15, 0.2) is 42.7 Å². The molecule has 112 valence electrons. The zero-order valence-corrected chi connectivity index (χ0v) is 12.7. The van der Waals surface area contributed by atoms with Gasteiger partial charge in [-0.15, -0.1) is 0 Å². The molecule has 1 amide bonds. The minimum atomic E-state index is -0.128. The Morgan fingerprint density at radius 3 is 3.00 bits per heavy atom. The molecule has 0 radical (unpaired) electrons. The molecule has 0 bridgehead atoms. The molecule has 1 unspecified atom stereocenters. The largest absolute Gasteiger partial charge is 0.396 e. The normalized spacial score (nSPS) is 12.1. The van der Waals surface area contributed by atoms with Gasteiger partial charge in [-0.05, 0) is 36.9 Å². The van der Waals surface area contributed by atoms with Gasteiger partial charge < -0.3 is 10.4 Å². The van der Waals surface area contributed by atoms with E-state index in [0.29, 0.717) is 12.0 Å². The summed E-state index contributed by atoms with van der Waals surface area (Å²) in [6, 6.07) is 9.13. The molecule has 0 spiro atoms. The predicted octanol–water partition coefficient (Wildman–Crippen LogP) is 1.72. The Morgan fingerprint density at radius 1 is 1.48 bits per heavy atom. The number of aliphatic hydroxyl groups excluding tert-OH is 1. The number of carbonyl (C=O) groups is 1. The van der Waals surface area contributed by atoms with Gasteiger partial charge in [0.1, 0.15) is 0 Å². The number of nitrogens with zero attached hydrogens (tertiary/aromatic N) is 2. The van der Waals surface area contributed by atoms with E-state index in [9.17, 15) is 4.79 Å². The molecule has 1 aromatic carbocycles. The van der Waals surface area contributed by atoms with Crippen LogP contribution < -0.4 is 5.32 Å². The first kappa shape index (κ1) is 15.6. The first-order chi connectivity index (χ1) is 10.2. The van der Waals surface area contributed by atoms with Crippen LogP contribution in [0.2, 0.25) is 0 Å². The highest BCUT2D eigenvalue weighted by molar-refractivity contribution is 7.98. The van der Waals surface area contributed by atoms with Gasteiger partial charge in [0.25, 0.3) is 5.91 Å². The van der Waals surface area contributed by atoms with E-state index >= 15 is 0 Å². The van der Waals surface area contributed by atoms with Crippen molar-refractivity contribution < 1.29 is 9.90 Å². The van der Waals surface area contributed by atoms with Crippen LogP contribution in [0.1, 0.15) is 16.8 Å². The lowest BCUT2D eigenvalue weighted by Gasteiger charge is -2.17. The number of aromatic nitrogens is 2. The average molecular weight is 305 g/mol. The third-order valence-electron chi connectivity index (χ3n) is 3.06. The van der Waals surface area contributed by atoms with Crippen LogP contribution in [0.3, 0.4) is 0 Å². The lowest BCUT2D eigenvalue weighted by molar-refractivity contribution is 0.0935. The quantitative estimate of drug-likeness (QED) is 0.817. The van der Waals surface area contributed by atoms with Gasteiger partial charge in [-0.25, -0.2) is 4.68 Å². The van der Waals surface area contributed by atoms with Crippen LogP contribution in [-0.4, -0.2) is 45.5 Å². The van der Waals surface area contributed by atoms with Crippen molar-refractivity contribution in [3.05, 3.63) is 48.3 Å². The maximum Gasteiger partial charge on any atom is 0.251 e. The van der Waals surface area contributed by atoms with Gasteiger partial charge >= 0.3 is 0 Å². The Kier molecular flexibility index (Phi) is 5.83. The molecule has 5 nitrogen and oxygen atoms in total. The highest BCUT2D eigenvalue weighted by Crippen LogP contribution is 2.10. The Morgan fingerprint density at radius 2 is 2.33 bits per heavy atom. The van der Waals surface area contributed by atoms with Gasteiger partial charge in [-0.3, -0.25) is 4.79 Å². The van der Waals surface area contributed by atoms with Crippen molar-refractivity contribution >= 4 is 17.7 Å². The van der Waals surface area contributed by atoms with Crippen molar-refractivity contribution in [2.45, 2.75) is 12.5 Å². The molecule has 0 aliphatic heterocycles. The third-order valence-corrected chi connectivity index (χ3v) is 3.79. The SMILES string of the molecule is CSCC(CCO)NC(=O)c1cccc(-n2cccn2)c1. The minimum Gasteiger partial charge on any atom is -0.396 e. The van der Waals surface area contributed by atoms with Crippen LogP contribution in [0.5, 0.6) is 0 Å². The van der Waals surface area contributed by atoms with E-state index in [4.69, 9.17) is 5.11 Å².